The third-order valence-electron chi connectivity index (χ3n) is 7.28. The number of benzene rings is 1. The molecule has 6 heteroatoms. The molecular formula is C22H30N2O3S. The molecule has 0 spiro atoms. The normalized spacial score (nSPS) is 33.5. The molecule has 1 aromatic rings. The molecule has 2 bridgehead atoms. The van der Waals surface area contributed by atoms with Crippen molar-refractivity contribution in [3.63, 3.8) is 0 Å². The molecule has 3 fully saturated rings. The molecule has 3 saturated heterocycles. The van der Waals surface area contributed by atoms with E-state index in [1.54, 1.807) is 31.4 Å². The lowest BCUT2D eigenvalue weighted by atomic mass is 9.68. The van der Waals surface area contributed by atoms with Crippen molar-refractivity contribution < 1.29 is 13.2 Å². The van der Waals surface area contributed by atoms with E-state index in [0.29, 0.717) is 35.1 Å². The molecule has 1 aliphatic carbocycles. The van der Waals surface area contributed by atoms with E-state index in [1.807, 2.05) is 4.31 Å². The molecule has 0 radical (unpaired) electrons. The van der Waals surface area contributed by atoms with E-state index in [1.165, 1.54) is 31.4 Å². The number of methoxy groups -OCH3 is 1. The van der Waals surface area contributed by atoms with Gasteiger partial charge in [-0.15, -0.1) is 0 Å². The Balaban J connectivity index is 1.48. The van der Waals surface area contributed by atoms with Crippen LogP contribution in [-0.2, 0) is 10.0 Å². The molecule has 0 amide bonds. The van der Waals surface area contributed by atoms with Gasteiger partial charge in [0.1, 0.15) is 5.75 Å². The molecule has 3 heterocycles. The van der Waals surface area contributed by atoms with Crippen LogP contribution in [0.25, 0.3) is 0 Å². The van der Waals surface area contributed by atoms with Crippen molar-refractivity contribution in [1.82, 2.24) is 9.21 Å². The number of piperidine rings is 3. The topological polar surface area (TPSA) is 49.9 Å². The lowest BCUT2D eigenvalue weighted by Gasteiger charge is -2.54. The molecule has 3 aliphatic heterocycles. The molecule has 0 saturated carbocycles. The molecule has 4 unspecified atom stereocenters. The highest BCUT2D eigenvalue weighted by Gasteiger charge is 2.48. The zero-order valence-electron chi connectivity index (χ0n) is 16.6. The van der Waals surface area contributed by atoms with Gasteiger partial charge in [0.05, 0.1) is 18.0 Å². The van der Waals surface area contributed by atoms with E-state index < -0.39 is 10.0 Å². The van der Waals surface area contributed by atoms with Gasteiger partial charge in [-0.1, -0.05) is 18.1 Å². The fourth-order valence-corrected chi connectivity index (χ4v) is 7.80. The fourth-order valence-electron chi connectivity index (χ4n) is 6.08. The first-order valence-electron chi connectivity index (χ1n) is 10.7. The summed E-state index contributed by atoms with van der Waals surface area (Å²) in [6, 6.07) is 7.57. The van der Waals surface area contributed by atoms with Crippen LogP contribution in [0, 0.1) is 11.8 Å². The monoisotopic (exact) mass is 402 g/mol. The van der Waals surface area contributed by atoms with Crippen LogP contribution in [0.3, 0.4) is 0 Å². The van der Waals surface area contributed by atoms with Crippen molar-refractivity contribution in [1.29, 1.82) is 0 Å². The average molecular weight is 403 g/mol. The zero-order valence-corrected chi connectivity index (χ0v) is 17.4. The van der Waals surface area contributed by atoms with Gasteiger partial charge in [-0.25, -0.2) is 8.42 Å². The predicted octanol–water partition coefficient (Wildman–Crippen LogP) is 3.28. The Hall–Kier alpha value is -1.37. The number of nitrogens with zero attached hydrogens (tertiary/aromatic N) is 2. The summed E-state index contributed by atoms with van der Waals surface area (Å²) in [5.74, 6) is 1.73. The van der Waals surface area contributed by atoms with E-state index in [9.17, 15) is 8.42 Å². The number of ether oxygens (including phenoxy) is 1. The Morgan fingerprint density at radius 1 is 1.07 bits per heavy atom. The van der Waals surface area contributed by atoms with Crippen molar-refractivity contribution >= 4 is 10.0 Å². The molecule has 0 aromatic heterocycles. The molecule has 152 valence electrons. The van der Waals surface area contributed by atoms with Crippen molar-refractivity contribution in [3.05, 3.63) is 35.9 Å². The summed E-state index contributed by atoms with van der Waals surface area (Å²) >= 11 is 0. The molecule has 1 aromatic carbocycles. The van der Waals surface area contributed by atoms with Crippen LogP contribution in [0.1, 0.15) is 38.5 Å². The first-order valence-corrected chi connectivity index (χ1v) is 12.1. The lowest BCUT2D eigenvalue weighted by Crippen LogP contribution is -2.59. The van der Waals surface area contributed by atoms with Gasteiger partial charge < -0.3 is 4.74 Å². The molecule has 4 atom stereocenters. The van der Waals surface area contributed by atoms with Crippen LogP contribution in [0.15, 0.2) is 40.8 Å². The summed E-state index contributed by atoms with van der Waals surface area (Å²) < 4.78 is 34.1. The Bertz CT molecular complexity index is 864. The molecule has 0 N–H and O–H groups in total. The Labute approximate surface area is 168 Å². The van der Waals surface area contributed by atoms with Crippen LogP contribution in [0.4, 0.5) is 0 Å². The molecular weight excluding hydrogens is 372 g/mol. The standard InChI is InChI=1S/C22H30N2O3S/c1-27-19-7-9-20(10-8-19)28(25,26)24-12-4-5-16-13-17-14-18(22(16)24)15-23-11-3-2-6-21(17)23/h7-10,13,17-18,21-22H,2-6,11-12,14-15H2,1H3. The average Bonchev–Trinajstić information content (AvgIpc) is 2.73. The highest BCUT2D eigenvalue weighted by atomic mass is 32.2. The summed E-state index contributed by atoms with van der Waals surface area (Å²) in [5, 5.41) is 0. The van der Waals surface area contributed by atoms with Crippen LogP contribution in [0.5, 0.6) is 5.75 Å². The van der Waals surface area contributed by atoms with Crippen molar-refractivity contribution in [3.8, 4) is 5.75 Å². The van der Waals surface area contributed by atoms with Gasteiger partial charge in [-0.05, 0) is 74.8 Å². The fraction of sp³-hybridized carbons (Fsp3) is 0.636. The quantitative estimate of drug-likeness (QED) is 0.728. The minimum absolute atomic E-state index is 0.0416. The third-order valence-corrected chi connectivity index (χ3v) is 9.17. The van der Waals surface area contributed by atoms with Gasteiger partial charge in [-0.3, -0.25) is 4.90 Å². The van der Waals surface area contributed by atoms with E-state index in [2.05, 4.69) is 11.0 Å². The maximum atomic E-state index is 13.5. The van der Waals surface area contributed by atoms with Gasteiger partial charge in [-0.2, -0.15) is 4.31 Å². The highest BCUT2D eigenvalue weighted by molar-refractivity contribution is 7.89. The number of rotatable bonds is 3. The van der Waals surface area contributed by atoms with Crippen LogP contribution < -0.4 is 4.74 Å². The maximum Gasteiger partial charge on any atom is 0.243 e. The molecule has 5 rings (SSSR count). The van der Waals surface area contributed by atoms with Crippen LogP contribution in [0.2, 0.25) is 0 Å². The minimum atomic E-state index is -3.50. The second-order valence-corrected chi connectivity index (χ2v) is 10.7. The third kappa shape index (κ3) is 3.01. The smallest absolute Gasteiger partial charge is 0.243 e. The summed E-state index contributed by atoms with van der Waals surface area (Å²) in [5.41, 5.74) is 1.38. The van der Waals surface area contributed by atoms with Crippen LogP contribution in [-0.4, -0.2) is 56.5 Å². The van der Waals surface area contributed by atoms with E-state index in [4.69, 9.17) is 4.74 Å². The van der Waals surface area contributed by atoms with E-state index >= 15 is 0 Å². The Morgan fingerprint density at radius 2 is 1.89 bits per heavy atom. The van der Waals surface area contributed by atoms with Gasteiger partial charge in [0, 0.05) is 19.1 Å². The predicted molar refractivity (Wildman–Crippen MR) is 109 cm³/mol. The first-order chi connectivity index (χ1) is 13.6. The minimum Gasteiger partial charge on any atom is -0.497 e. The van der Waals surface area contributed by atoms with Crippen molar-refractivity contribution in [2.45, 2.75) is 55.5 Å². The second-order valence-electron chi connectivity index (χ2n) is 8.80. The van der Waals surface area contributed by atoms with Crippen molar-refractivity contribution in [2.75, 3.05) is 26.7 Å². The van der Waals surface area contributed by atoms with E-state index in [-0.39, 0.29) is 6.04 Å². The summed E-state index contributed by atoms with van der Waals surface area (Å²) in [6.45, 7) is 2.86. The van der Waals surface area contributed by atoms with E-state index in [0.717, 1.165) is 25.8 Å². The second kappa shape index (κ2) is 7.15. The maximum absolute atomic E-state index is 13.5. The summed E-state index contributed by atoms with van der Waals surface area (Å²) in [4.78, 5) is 3.03. The Morgan fingerprint density at radius 3 is 2.68 bits per heavy atom. The van der Waals surface area contributed by atoms with Crippen molar-refractivity contribution in [2.24, 2.45) is 11.8 Å². The lowest BCUT2D eigenvalue weighted by molar-refractivity contribution is 0.0149. The number of hydrogen-bond acceptors (Lipinski definition) is 4. The van der Waals surface area contributed by atoms with Gasteiger partial charge >= 0.3 is 0 Å². The van der Waals surface area contributed by atoms with Gasteiger partial charge in [0.2, 0.25) is 10.0 Å². The number of fused-ring (bicyclic) bond motifs is 6. The van der Waals surface area contributed by atoms with Gasteiger partial charge in [0.25, 0.3) is 0 Å². The van der Waals surface area contributed by atoms with Crippen LogP contribution >= 0.6 is 0 Å². The molecule has 4 aliphatic rings. The number of hydrogen-bond donors (Lipinski definition) is 0. The first kappa shape index (κ1) is 18.6. The van der Waals surface area contributed by atoms with Gasteiger partial charge in [0.15, 0.2) is 0 Å². The number of sulfonamides is 1. The molecule has 5 nitrogen and oxygen atoms in total. The summed E-state index contributed by atoms with van der Waals surface area (Å²) in [6.07, 6.45) is 9.52. The highest BCUT2D eigenvalue weighted by Crippen LogP contribution is 2.46. The largest absolute Gasteiger partial charge is 0.497 e. The summed E-state index contributed by atoms with van der Waals surface area (Å²) in [7, 11) is -1.91. The molecule has 28 heavy (non-hydrogen) atoms. The SMILES string of the molecule is COc1ccc(S(=O)(=O)N2CCCC3=CC4CC(CN5CCCCC45)C32)cc1. The Kier molecular flexibility index (Phi) is 4.76. The zero-order chi connectivity index (χ0) is 19.3.